The summed E-state index contributed by atoms with van der Waals surface area (Å²) in [5.41, 5.74) is 1.82. The Morgan fingerprint density at radius 3 is 2.89 bits per heavy atom. The smallest absolute Gasteiger partial charge is 0.189 e. The van der Waals surface area contributed by atoms with Gasteiger partial charge in [-0.3, -0.25) is 0 Å². The third kappa shape index (κ3) is 2.36. The lowest BCUT2D eigenvalue weighted by atomic mass is 10.2. The number of alkyl halides is 1. The van der Waals surface area contributed by atoms with Gasteiger partial charge in [-0.25, -0.2) is 19.3 Å². The minimum absolute atomic E-state index is 0.313. The monoisotopic (exact) mass is 294 g/mol. The van der Waals surface area contributed by atoms with Crippen LogP contribution in [0.25, 0.3) is 10.3 Å². The van der Waals surface area contributed by atoms with Gasteiger partial charge in [-0.1, -0.05) is 41.1 Å². The normalized spacial score (nSPS) is 10.8. The molecule has 4 nitrogen and oxygen atoms in total. The number of nitrogens with one attached hydrogen (secondary N) is 1. The van der Waals surface area contributed by atoms with E-state index in [0.29, 0.717) is 31.9 Å². The number of hydrogen-bond acceptors (Lipinski definition) is 5. The highest BCUT2D eigenvalue weighted by atomic mass is 35.5. The van der Waals surface area contributed by atoms with Crippen molar-refractivity contribution in [1.29, 1.82) is 0 Å². The third-order valence-corrected chi connectivity index (χ3v) is 3.71. The summed E-state index contributed by atoms with van der Waals surface area (Å²) in [6.45, 7) is -0.533. The number of benzene rings is 1. The first-order valence-corrected chi connectivity index (χ1v) is 6.65. The lowest BCUT2D eigenvalue weighted by Gasteiger charge is -2.06. The second-order valence-corrected chi connectivity index (χ2v) is 5.09. The maximum atomic E-state index is 12.9. The quantitative estimate of drug-likeness (QED) is 0.743. The Morgan fingerprint density at radius 2 is 2.11 bits per heavy atom. The SMILES string of the molecule is FCc1ccccc1Nc1nc2c(Cl)ncnc2s1. The molecule has 0 bridgehead atoms. The number of fused-ring (bicyclic) bond motifs is 1. The van der Waals surface area contributed by atoms with Gasteiger partial charge in [0.05, 0.1) is 0 Å². The van der Waals surface area contributed by atoms with Gasteiger partial charge in [0.2, 0.25) is 0 Å². The zero-order valence-electron chi connectivity index (χ0n) is 9.60. The number of anilines is 2. The van der Waals surface area contributed by atoms with Gasteiger partial charge < -0.3 is 5.32 Å². The van der Waals surface area contributed by atoms with Crippen LogP contribution in [0.3, 0.4) is 0 Å². The number of hydrogen-bond donors (Lipinski definition) is 1. The van der Waals surface area contributed by atoms with Crippen molar-refractivity contribution >= 4 is 44.1 Å². The van der Waals surface area contributed by atoms with E-state index in [1.165, 1.54) is 17.7 Å². The van der Waals surface area contributed by atoms with Crippen LogP contribution in [0.15, 0.2) is 30.6 Å². The number of halogens is 2. The lowest BCUT2D eigenvalue weighted by molar-refractivity contribution is 0.486. The molecule has 1 N–H and O–H groups in total. The minimum Gasteiger partial charge on any atom is -0.331 e. The van der Waals surface area contributed by atoms with Crippen molar-refractivity contribution in [1.82, 2.24) is 15.0 Å². The Hall–Kier alpha value is -1.79. The van der Waals surface area contributed by atoms with E-state index >= 15 is 0 Å². The number of aromatic nitrogens is 3. The van der Waals surface area contributed by atoms with Crippen LogP contribution in [-0.2, 0) is 6.67 Å². The number of para-hydroxylation sites is 1. The molecule has 0 unspecified atom stereocenters. The Kier molecular flexibility index (Phi) is 3.27. The molecule has 0 saturated heterocycles. The van der Waals surface area contributed by atoms with Crippen molar-refractivity contribution < 1.29 is 4.39 Å². The number of thiazole rings is 1. The van der Waals surface area contributed by atoms with Gasteiger partial charge >= 0.3 is 0 Å². The van der Waals surface area contributed by atoms with Crippen LogP contribution in [0, 0.1) is 0 Å². The third-order valence-electron chi connectivity index (χ3n) is 2.55. The zero-order valence-corrected chi connectivity index (χ0v) is 11.2. The predicted octanol–water partition coefficient (Wildman–Crippen LogP) is 3.95. The molecule has 0 radical (unpaired) electrons. The van der Waals surface area contributed by atoms with Crippen LogP contribution >= 0.6 is 22.9 Å². The van der Waals surface area contributed by atoms with Gasteiger partial charge in [0.1, 0.15) is 23.3 Å². The minimum atomic E-state index is -0.533. The second-order valence-electron chi connectivity index (χ2n) is 3.75. The molecule has 3 rings (SSSR count). The first kappa shape index (κ1) is 12.3. The standard InChI is InChI=1S/C12H8ClFN4S/c13-10-9-11(16-6-15-10)19-12(18-9)17-8-4-2-1-3-7(8)5-14/h1-4,6H,5H2,(H,17,18). The summed E-state index contributed by atoms with van der Waals surface area (Å²) in [6.07, 6.45) is 1.39. The van der Waals surface area contributed by atoms with E-state index in [2.05, 4.69) is 20.3 Å². The van der Waals surface area contributed by atoms with Crippen LogP contribution in [0.2, 0.25) is 5.15 Å². The average molecular weight is 295 g/mol. The Labute approximate surface area is 117 Å². The molecule has 0 spiro atoms. The first-order valence-electron chi connectivity index (χ1n) is 5.46. The first-order chi connectivity index (χ1) is 9.28. The molecule has 0 amide bonds. The Morgan fingerprint density at radius 1 is 1.26 bits per heavy atom. The van der Waals surface area contributed by atoms with Crippen molar-refractivity contribution in [2.45, 2.75) is 6.67 Å². The number of rotatable bonds is 3. The molecule has 0 aliphatic carbocycles. The molecular formula is C12H8ClFN4S. The van der Waals surface area contributed by atoms with E-state index in [9.17, 15) is 4.39 Å². The predicted molar refractivity (Wildman–Crippen MR) is 74.8 cm³/mol. The Balaban J connectivity index is 1.99. The summed E-state index contributed by atoms with van der Waals surface area (Å²) in [7, 11) is 0. The fourth-order valence-electron chi connectivity index (χ4n) is 1.65. The molecule has 7 heteroatoms. The molecule has 0 aliphatic rings. The molecule has 2 aromatic heterocycles. The van der Waals surface area contributed by atoms with Gasteiger partial charge in [-0.05, 0) is 6.07 Å². The van der Waals surface area contributed by atoms with Crippen LogP contribution in [-0.4, -0.2) is 15.0 Å². The van der Waals surface area contributed by atoms with Crippen molar-refractivity contribution in [3.05, 3.63) is 41.3 Å². The van der Waals surface area contributed by atoms with E-state index < -0.39 is 6.67 Å². The largest absolute Gasteiger partial charge is 0.331 e. The summed E-state index contributed by atoms with van der Waals surface area (Å²) in [5.74, 6) is 0. The summed E-state index contributed by atoms with van der Waals surface area (Å²) in [4.78, 5) is 13.0. The van der Waals surface area contributed by atoms with Gasteiger partial charge in [0.25, 0.3) is 0 Å². The molecule has 0 aliphatic heterocycles. The van der Waals surface area contributed by atoms with Crippen molar-refractivity contribution in [3.63, 3.8) is 0 Å². The summed E-state index contributed by atoms with van der Waals surface area (Å²) < 4.78 is 12.9. The van der Waals surface area contributed by atoms with E-state index in [0.717, 1.165) is 0 Å². The molecule has 2 heterocycles. The highest BCUT2D eigenvalue weighted by molar-refractivity contribution is 7.21. The maximum absolute atomic E-state index is 12.9. The molecular weight excluding hydrogens is 287 g/mol. The van der Waals surface area contributed by atoms with Gasteiger partial charge in [0.15, 0.2) is 10.3 Å². The molecule has 1 aromatic carbocycles. The van der Waals surface area contributed by atoms with Crippen molar-refractivity contribution in [3.8, 4) is 0 Å². The molecule has 3 aromatic rings. The average Bonchev–Trinajstić information content (AvgIpc) is 2.83. The fourth-order valence-corrected chi connectivity index (χ4v) is 2.71. The van der Waals surface area contributed by atoms with E-state index in [4.69, 9.17) is 11.6 Å². The van der Waals surface area contributed by atoms with Crippen LogP contribution < -0.4 is 5.32 Å². The molecule has 96 valence electrons. The number of nitrogens with zero attached hydrogens (tertiary/aromatic N) is 3. The van der Waals surface area contributed by atoms with E-state index in [1.54, 1.807) is 18.2 Å². The molecule has 0 saturated carbocycles. The second kappa shape index (κ2) is 5.07. The lowest BCUT2D eigenvalue weighted by Crippen LogP contribution is -1.93. The van der Waals surface area contributed by atoms with Crippen molar-refractivity contribution in [2.24, 2.45) is 0 Å². The van der Waals surface area contributed by atoms with Gasteiger partial charge in [-0.15, -0.1) is 0 Å². The van der Waals surface area contributed by atoms with Gasteiger partial charge in [-0.2, -0.15) is 0 Å². The molecule has 19 heavy (non-hydrogen) atoms. The highest BCUT2D eigenvalue weighted by Gasteiger charge is 2.10. The fraction of sp³-hybridized carbons (Fsp3) is 0.0833. The summed E-state index contributed by atoms with van der Waals surface area (Å²) in [5, 5.41) is 4.00. The van der Waals surface area contributed by atoms with Crippen LogP contribution in [0.5, 0.6) is 0 Å². The van der Waals surface area contributed by atoms with Gasteiger partial charge in [0, 0.05) is 11.3 Å². The Bertz CT molecular complexity index is 731. The topological polar surface area (TPSA) is 50.7 Å². The molecule has 0 atom stereocenters. The van der Waals surface area contributed by atoms with Crippen LogP contribution in [0.1, 0.15) is 5.56 Å². The summed E-state index contributed by atoms with van der Waals surface area (Å²) in [6, 6.07) is 7.15. The van der Waals surface area contributed by atoms with Crippen LogP contribution in [0.4, 0.5) is 15.2 Å². The molecule has 0 fully saturated rings. The van der Waals surface area contributed by atoms with E-state index in [-0.39, 0.29) is 0 Å². The maximum Gasteiger partial charge on any atom is 0.189 e. The van der Waals surface area contributed by atoms with E-state index in [1.807, 2.05) is 6.07 Å². The zero-order chi connectivity index (χ0) is 13.2. The van der Waals surface area contributed by atoms with Crippen molar-refractivity contribution in [2.75, 3.05) is 5.32 Å². The summed E-state index contributed by atoms with van der Waals surface area (Å²) >= 11 is 7.28. The highest BCUT2D eigenvalue weighted by Crippen LogP contribution is 2.30.